The largest absolute Gasteiger partial charge is 0.370 e. The fourth-order valence-corrected chi connectivity index (χ4v) is 3.94. The van der Waals surface area contributed by atoms with Crippen molar-refractivity contribution >= 4 is 11.6 Å². The van der Waals surface area contributed by atoms with Gasteiger partial charge < -0.3 is 9.80 Å². The number of rotatable bonds is 5. The topological polar surface area (TPSA) is 69.3 Å². The van der Waals surface area contributed by atoms with Crippen LogP contribution in [0.25, 0.3) is 11.1 Å². The number of nitrogens with zero attached hydrogens (tertiary/aromatic N) is 3. The normalized spacial score (nSPS) is 14.2. The van der Waals surface area contributed by atoms with Crippen LogP contribution in [-0.4, -0.2) is 46.2 Å². The van der Waals surface area contributed by atoms with Crippen molar-refractivity contribution in [3.05, 3.63) is 46.4 Å². The summed E-state index contributed by atoms with van der Waals surface area (Å²) in [4.78, 5) is 30.1. The maximum Gasteiger partial charge on any atom is 0.274 e. The minimum atomic E-state index is -0.264. The molecule has 1 aromatic heterocycles. The standard InChI is InChI=1S/C21H28N4O2/c1-14(2)25(15(3)4)21(27)17-10-6-5-9-16(17)19-18(13-22-23-20(19)26)24-11-7-8-12-24/h5-6,9-10,13-15H,7-8,11-12H2,1-4H3,(H,23,26). The summed E-state index contributed by atoms with van der Waals surface area (Å²) < 4.78 is 0. The van der Waals surface area contributed by atoms with Crippen LogP contribution in [0.4, 0.5) is 5.69 Å². The molecule has 0 unspecified atom stereocenters. The SMILES string of the molecule is CC(C)N(C(=O)c1ccccc1-c1c(N2CCCC2)cn[nH]c1=O)C(C)C. The smallest absolute Gasteiger partial charge is 0.274 e. The van der Waals surface area contributed by atoms with Crippen LogP contribution < -0.4 is 10.5 Å². The molecule has 2 heterocycles. The van der Waals surface area contributed by atoms with Crippen molar-refractivity contribution in [3.63, 3.8) is 0 Å². The highest BCUT2D eigenvalue weighted by atomic mass is 16.2. The summed E-state index contributed by atoms with van der Waals surface area (Å²) in [6.45, 7) is 9.84. The van der Waals surface area contributed by atoms with Crippen LogP contribution in [0.15, 0.2) is 35.3 Å². The predicted octanol–water partition coefficient (Wildman–Crippen LogP) is 3.30. The van der Waals surface area contributed by atoms with E-state index in [4.69, 9.17) is 0 Å². The Bertz CT molecular complexity index is 858. The van der Waals surface area contributed by atoms with Crippen molar-refractivity contribution in [1.29, 1.82) is 0 Å². The fourth-order valence-electron chi connectivity index (χ4n) is 3.94. The van der Waals surface area contributed by atoms with E-state index >= 15 is 0 Å². The molecular formula is C21H28N4O2. The predicted molar refractivity (Wildman–Crippen MR) is 108 cm³/mol. The van der Waals surface area contributed by atoms with Gasteiger partial charge in [-0.25, -0.2) is 5.10 Å². The first-order valence-corrected chi connectivity index (χ1v) is 9.66. The van der Waals surface area contributed by atoms with Crippen molar-refractivity contribution < 1.29 is 4.79 Å². The van der Waals surface area contributed by atoms with Gasteiger partial charge in [-0.2, -0.15) is 5.10 Å². The molecule has 0 bridgehead atoms. The summed E-state index contributed by atoms with van der Waals surface area (Å²) in [6, 6.07) is 7.52. The average Bonchev–Trinajstić information content (AvgIpc) is 3.15. The van der Waals surface area contributed by atoms with Gasteiger partial charge in [-0.15, -0.1) is 0 Å². The van der Waals surface area contributed by atoms with Crippen molar-refractivity contribution in [2.45, 2.75) is 52.6 Å². The lowest BCUT2D eigenvalue weighted by atomic mass is 9.97. The first-order valence-electron chi connectivity index (χ1n) is 9.66. The van der Waals surface area contributed by atoms with Gasteiger partial charge in [0.1, 0.15) is 0 Å². The zero-order valence-electron chi connectivity index (χ0n) is 16.5. The van der Waals surface area contributed by atoms with Crippen molar-refractivity contribution in [3.8, 4) is 11.1 Å². The summed E-state index contributed by atoms with van der Waals surface area (Å²) in [5.41, 5.74) is 2.29. The van der Waals surface area contributed by atoms with Crippen LogP contribution in [0.5, 0.6) is 0 Å². The minimum absolute atomic E-state index is 0.0563. The third kappa shape index (κ3) is 3.75. The Balaban J connectivity index is 2.15. The van der Waals surface area contributed by atoms with Gasteiger partial charge in [0, 0.05) is 36.3 Å². The Labute approximate surface area is 160 Å². The summed E-state index contributed by atoms with van der Waals surface area (Å²) in [7, 11) is 0. The number of H-pyrrole nitrogens is 1. The second-order valence-corrected chi connectivity index (χ2v) is 7.60. The van der Waals surface area contributed by atoms with E-state index in [9.17, 15) is 9.59 Å². The number of nitrogens with one attached hydrogen (secondary N) is 1. The van der Waals surface area contributed by atoms with Crippen molar-refractivity contribution in [1.82, 2.24) is 15.1 Å². The lowest BCUT2D eigenvalue weighted by Crippen LogP contribution is -2.42. The number of amides is 1. The van der Waals surface area contributed by atoms with E-state index in [0.717, 1.165) is 31.6 Å². The van der Waals surface area contributed by atoms with E-state index in [2.05, 4.69) is 15.1 Å². The molecule has 1 fully saturated rings. The molecule has 3 rings (SSSR count). The summed E-state index contributed by atoms with van der Waals surface area (Å²) >= 11 is 0. The zero-order valence-corrected chi connectivity index (χ0v) is 16.5. The quantitative estimate of drug-likeness (QED) is 0.879. The van der Waals surface area contributed by atoms with E-state index in [0.29, 0.717) is 16.7 Å². The van der Waals surface area contributed by atoms with Gasteiger partial charge in [0.05, 0.1) is 17.4 Å². The molecule has 1 N–H and O–H groups in total. The Morgan fingerprint density at radius 2 is 1.74 bits per heavy atom. The molecule has 6 heteroatoms. The van der Waals surface area contributed by atoms with Gasteiger partial charge in [0.15, 0.2) is 0 Å². The highest BCUT2D eigenvalue weighted by molar-refractivity contribution is 6.02. The summed E-state index contributed by atoms with van der Waals surface area (Å²) in [5, 5.41) is 6.55. The van der Waals surface area contributed by atoms with Crippen molar-refractivity contribution in [2.75, 3.05) is 18.0 Å². The van der Waals surface area contributed by atoms with Gasteiger partial charge >= 0.3 is 0 Å². The monoisotopic (exact) mass is 368 g/mol. The van der Waals surface area contributed by atoms with Crippen LogP contribution in [0.3, 0.4) is 0 Å². The molecule has 144 valence electrons. The number of carbonyl (C=O) groups excluding carboxylic acids is 1. The molecule has 6 nitrogen and oxygen atoms in total. The Hall–Kier alpha value is -2.63. The van der Waals surface area contributed by atoms with Crippen molar-refractivity contribution in [2.24, 2.45) is 0 Å². The van der Waals surface area contributed by atoms with Gasteiger partial charge in [0.25, 0.3) is 11.5 Å². The third-order valence-corrected chi connectivity index (χ3v) is 5.06. The van der Waals surface area contributed by atoms with Gasteiger partial charge in [-0.05, 0) is 46.6 Å². The summed E-state index contributed by atoms with van der Waals surface area (Å²) in [5.74, 6) is -0.0563. The maximum absolute atomic E-state index is 13.4. The number of aromatic amines is 1. The van der Waals surface area contributed by atoms with Crippen LogP contribution in [0.1, 0.15) is 50.9 Å². The second kappa shape index (κ2) is 7.94. The lowest BCUT2D eigenvalue weighted by Gasteiger charge is -2.31. The number of carbonyl (C=O) groups is 1. The molecule has 2 aromatic rings. The van der Waals surface area contributed by atoms with Gasteiger partial charge in [-0.1, -0.05) is 18.2 Å². The van der Waals surface area contributed by atoms with Crippen LogP contribution in [0, 0.1) is 0 Å². The number of aromatic nitrogens is 2. The molecule has 1 aromatic carbocycles. The number of anilines is 1. The molecule has 1 saturated heterocycles. The molecule has 0 radical (unpaired) electrons. The Morgan fingerprint density at radius 3 is 2.37 bits per heavy atom. The molecule has 0 atom stereocenters. The highest BCUT2D eigenvalue weighted by Gasteiger charge is 2.27. The third-order valence-electron chi connectivity index (χ3n) is 5.06. The molecule has 1 aliphatic rings. The number of hydrogen-bond acceptors (Lipinski definition) is 4. The molecule has 1 amide bonds. The molecule has 0 spiro atoms. The Morgan fingerprint density at radius 1 is 1.11 bits per heavy atom. The van der Waals surface area contributed by atoms with Crippen LogP contribution >= 0.6 is 0 Å². The minimum Gasteiger partial charge on any atom is -0.370 e. The van der Waals surface area contributed by atoms with E-state index < -0.39 is 0 Å². The van der Waals surface area contributed by atoms with Gasteiger partial charge in [0.2, 0.25) is 0 Å². The zero-order chi connectivity index (χ0) is 19.6. The van der Waals surface area contributed by atoms with Gasteiger partial charge in [-0.3, -0.25) is 9.59 Å². The maximum atomic E-state index is 13.4. The van der Waals surface area contributed by atoms with E-state index in [-0.39, 0.29) is 23.6 Å². The molecule has 0 saturated carbocycles. The number of hydrogen-bond donors (Lipinski definition) is 1. The van der Waals surface area contributed by atoms with E-state index in [1.165, 1.54) is 0 Å². The molecular weight excluding hydrogens is 340 g/mol. The first kappa shape index (κ1) is 19.1. The fraction of sp³-hybridized carbons (Fsp3) is 0.476. The van der Waals surface area contributed by atoms with Crippen LogP contribution in [-0.2, 0) is 0 Å². The average molecular weight is 368 g/mol. The molecule has 27 heavy (non-hydrogen) atoms. The molecule has 1 aliphatic heterocycles. The first-order chi connectivity index (χ1) is 12.9. The Kier molecular flexibility index (Phi) is 5.63. The molecule has 0 aliphatic carbocycles. The summed E-state index contributed by atoms with van der Waals surface area (Å²) in [6.07, 6.45) is 3.90. The highest BCUT2D eigenvalue weighted by Crippen LogP contribution is 2.32. The lowest BCUT2D eigenvalue weighted by molar-refractivity contribution is 0.0644. The van der Waals surface area contributed by atoms with E-state index in [1.54, 1.807) is 6.20 Å². The van der Waals surface area contributed by atoms with E-state index in [1.807, 2.05) is 56.9 Å². The number of benzene rings is 1. The van der Waals surface area contributed by atoms with Crippen LogP contribution in [0.2, 0.25) is 0 Å². The second-order valence-electron chi connectivity index (χ2n) is 7.60.